The average molecular weight is 721 g/mol. The van der Waals surface area contributed by atoms with Crippen molar-refractivity contribution in [1.29, 1.82) is 0 Å². The summed E-state index contributed by atoms with van der Waals surface area (Å²) in [6.07, 6.45) is -2.72. The molecule has 0 N–H and O–H groups in total. The summed E-state index contributed by atoms with van der Waals surface area (Å²) < 4.78 is 30.2. The Morgan fingerprint density at radius 1 is 0.370 bits per heavy atom. The molecule has 0 rings (SSSR count). The predicted molar refractivity (Wildman–Crippen MR) is 158 cm³/mol. The van der Waals surface area contributed by atoms with Crippen molar-refractivity contribution in [3.63, 3.8) is 0 Å². The number of ether oxygens (including phenoxy) is 6. The quantitative estimate of drug-likeness (QED) is 0.0962. The summed E-state index contributed by atoms with van der Waals surface area (Å²) in [6, 6.07) is 0. The molecule has 0 saturated carbocycles. The molecule has 0 aromatic rings. The van der Waals surface area contributed by atoms with Crippen LogP contribution in [0.15, 0.2) is 0 Å². The third-order valence-corrected chi connectivity index (χ3v) is 4.61. The van der Waals surface area contributed by atoms with Gasteiger partial charge in [-0.3, -0.25) is 14.4 Å². The van der Waals surface area contributed by atoms with Crippen LogP contribution in [0, 0.1) is 0 Å². The van der Waals surface area contributed by atoms with Gasteiger partial charge in [-0.1, -0.05) is 0 Å². The zero-order valence-corrected chi connectivity index (χ0v) is 32.1. The van der Waals surface area contributed by atoms with Crippen molar-refractivity contribution in [2.45, 2.75) is 158 Å². The molecule has 0 aromatic heterocycles. The summed E-state index contributed by atoms with van der Waals surface area (Å²) in [5.74, 6) is -14.1. The molecule has 0 atom stereocenters. The number of rotatable bonds is 18. The van der Waals surface area contributed by atoms with E-state index in [-0.39, 0.29) is 19.8 Å². The van der Waals surface area contributed by atoms with E-state index in [1.165, 1.54) is 0 Å². The number of Topliss-reactive ketones (excluding diaryl/α,β-unsaturated/α-hetero) is 3. The van der Waals surface area contributed by atoms with E-state index in [9.17, 15) is 44.1 Å². The number of ketones is 3. The Labute approximate surface area is 285 Å². The van der Waals surface area contributed by atoms with Gasteiger partial charge in [-0.05, 0) is 83.1 Å². The van der Waals surface area contributed by atoms with E-state index in [0.717, 1.165) is 20.8 Å². The minimum atomic E-state index is -2.29. The summed E-state index contributed by atoms with van der Waals surface area (Å²) in [5, 5.41) is 32.9. The van der Waals surface area contributed by atoms with Crippen molar-refractivity contribution in [3.05, 3.63) is 0 Å². The fraction of sp³-hybridized carbons (Fsp3) is 0.800. The fourth-order valence-corrected chi connectivity index (χ4v) is 3.29. The Balaban J connectivity index is -0.000000285. The number of hydrogen-bond donors (Lipinski definition) is 0. The summed E-state index contributed by atoms with van der Waals surface area (Å²) in [6.45, 7) is 22.7. The van der Waals surface area contributed by atoms with E-state index >= 15 is 0 Å². The third-order valence-electron chi connectivity index (χ3n) is 4.61. The van der Waals surface area contributed by atoms with Gasteiger partial charge in [0.1, 0.15) is 17.9 Å². The van der Waals surface area contributed by atoms with Gasteiger partial charge in [0, 0.05) is 20.8 Å². The first-order chi connectivity index (χ1) is 20.2. The summed E-state index contributed by atoms with van der Waals surface area (Å²) in [7, 11) is 0. The minimum Gasteiger partial charge on any atom is -0.544 e. The summed E-state index contributed by atoms with van der Waals surface area (Å²) in [4.78, 5) is 66.8. The molecule has 264 valence electrons. The zero-order chi connectivity index (χ0) is 36.7. The molecule has 0 amide bonds. The van der Waals surface area contributed by atoms with Gasteiger partial charge in [-0.2, -0.15) is 0 Å². The van der Waals surface area contributed by atoms with Crippen LogP contribution in [-0.4, -0.2) is 109 Å². The fourth-order valence-electron chi connectivity index (χ4n) is 3.29. The normalized spacial score (nSPS) is 11.9. The van der Waals surface area contributed by atoms with Crippen LogP contribution in [0.4, 0.5) is 0 Å². The molecule has 0 aliphatic heterocycles. The Hall–Kier alpha value is -2.18. The minimum absolute atomic E-state index is 0. The van der Waals surface area contributed by atoms with Crippen molar-refractivity contribution >= 4 is 55.0 Å². The molecule has 0 fully saturated rings. The van der Waals surface area contributed by atoms with Crippen LogP contribution < -0.4 is 15.3 Å². The molecule has 0 saturated heterocycles. The number of carboxylic acid groups (broad SMARTS) is 3. The average Bonchev–Trinajstić information content (AvgIpc) is 2.80. The van der Waals surface area contributed by atoms with Crippen molar-refractivity contribution in [3.8, 4) is 0 Å². The van der Waals surface area contributed by atoms with E-state index in [1.807, 2.05) is 0 Å². The Morgan fingerprint density at radius 2 is 0.478 bits per heavy atom. The van der Waals surface area contributed by atoms with Gasteiger partial charge in [0.25, 0.3) is 17.4 Å². The molecule has 0 heterocycles. The molecule has 0 radical (unpaired) electrons. The molecule has 0 spiro atoms. The number of carbonyl (C=O) groups is 6. The van der Waals surface area contributed by atoms with Gasteiger partial charge < -0.3 is 58.1 Å². The second kappa shape index (κ2) is 22.4. The molecule has 0 aliphatic carbocycles. The number of aliphatic carboxylic acids is 3. The molecule has 15 nitrogen and oxygen atoms in total. The molecule has 0 aliphatic rings. The largest absolute Gasteiger partial charge is 3.00 e. The molecule has 0 aromatic carbocycles. The van der Waals surface area contributed by atoms with Crippen LogP contribution in [0.1, 0.15) is 104 Å². The molecule has 0 bridgehead atoms. The number of carboxylic acids is 3. The smallest absolute Gasteiger partial charge is 0.544 e. The number of carbonyl (C=O) groups excluding carboxylic acids is 6. The Bertz CT molecular complexity index is 785. The van der Waals surface area contributed by atoms with Crippen molar-refractivity contribution in [1.82, 2.24) is 0 Å². The van der Waals surface area contributed by atoms with Crippen molar-refractivity contribution < 1.29 is 72.5 Å². The topological polar surface area (TPSA) is 227 Å². The first-order valence-electron chi connectivity index (χ1n) is 14.4. The maximum Gasteiger partial charge on any atom is 3.00 e. The van der Waals surface area contributed by atoms with Gasteiger partial charge in [0.2, 0.25) is 0 Å². The van der Waals surface area contributed by atoms with E-state index in [2.05, 4.69) is 0 Å². The summed E-state index contributed by atoms with van der Waals surface area (Å²) >= 11 is 0. The van der Waals surface area contributed by atoms with Crippen molar-refractivity contribution in [2.24, 2.45) is 0 Å². The van der Waals surface area contributed by atoms with Gasteiger partial charge in [-0.25, -0.2) is 0 Å². The monoisotopic (exact) mass is 720 g/mol. The van der Waals surface area contributed by atoms with Gasteiger partial charge in [0.05, 0.1) is 36.6 Å². The number of hydrogen-bond acceptors (Lipinski definition) is 15. The van der Waals surface area contributed by atoms with Crippen LogP contribution in [0.2, 0.25) is 0 Å². The van der Waals surface area contributed by atoms with Crippen LogP contribution in [0.25, 0.3) is 0 Å². The Morgan fingerprint density at radius 3 is 0.522 bits per heavy atom. The van der Waals surface area contributed by atoms with E-state index < -0.39 is 89.2 Å². The first kappa shape index (κ1) is 50.7. The van der Waals surface area contributed by atoms with Gasteiger partial charge >= 0.3 is 19.8 Å². The Kier molecular flexibility index (Phi) is 24.7. The van der Waals surface area contributed by atoms with Crippen LogP contribution >= 0.6 is 0 Å². The molecule has 0 unspecified atom stereocenters. The third kappa shape index (κ3) is 17.1. The molecule has 46 heavy (non-hydrogen) atoms. The van der Waals surface area contributed by atoms with Gasteiger partial charge in [0.15, 0.2) is 17.3 Å². The van der Waals surface area contributed by atoms with Crippen LogP contribution in [-0.2, 0) is 57.2 Å². The molecule has 16 heteroatoms. The molecular formula is C30H51GaO15. The maximum atomic E-state index is 11.3. The van der Waals surface area contributed by atoms with Crippen LogP contribution in [0.3, 0.4) is 0 Å². The first-order valence-corrected chi connectivity index (χ1v) is 14.4. The zero-order valence-electron chi connectivity index (χ0n) is 29.7. The SMILES string of the molecule is CC(=O)C(OC(C)C)(OC(C)C)C(=O)[O-].CC(=O)C(OC(C)C)(OC(C)C)C(=O)[O-].CC(=O)C(OC(C)C)(OC(C)C)C(=O)[O-].[Ga+3]. The predicted octanol–water partition coefficient (Wildman–Crippen LogP) is -0.766. The second-order valence-corrected chi connectivity index (χ2v) is 11.4. The summed E-state index contributed by atoms with van der Waals surface area (Å²) in [5.41, 5.74) is 0. The standard InChI is InChI=1S/3C10H18O5.Ga/c3*1-6(2)14-10(8(5)11,9(12)13)15-7(3)4;/h3*6-7H,1-5H3,(H,12,13);/q;;;+3/p-3. The van der Waals surface area contributed by atoms with E-state index in [1.54, 1.807) is 83.1 Å². The van der Waals surface area contributed by atoms with Crippen LogP contribution in [0.5, 0.6) is 0 Å². The molecular weight excluding hydrogens is 670 g/mol. The second-order valence-electron chi connectivity index (χ2n) is 11.4. The van der Waals surface area contributed by atoms with Gasteiger partial charge in [-0.15, -0.1) is 0 Å². The van der Waals surface area contributed by atoms with Crippen molar-refractivity contribution in [2.75, 3.05) is 0 Å². The maximum absolute atomic E-state index is 11.3. The van der Waals surface area contributed by atoms with E-state index in [0.29, 0.717) is 0 Å². The van der Waals surface area contributed by atoms with E-state index in [4.69, 9.17) is 28.4 Å².